The quantitative estimate of drug-likeness (QED) is 0.593. The molecule has 1 aromatic carbocycles. The van der Waals surface area contributed by atoms with Gasteiger partial charge < -0.3 is 0 Å². The molecule has 0 aliphatic rings. The fraction of sp³-hybridized carbons (Fsp3) is 0.462. The third-order valence-corrected chi connectivity index (χ3v) is 2.70. The van der Waals surface area contributed by atoms with Gasteiger partial charge in [0.1, 0.15) is 0 Å². The highest BCUT2D eigenvalue weighted by molar-refractivity contribution is 5.50. The highest BCUT2D eigenvalue weighted by Crippen LogP contribution is 2.33. The molecule has 17 heavy (non-hydrogen) atoms. The first-order valence-electron chi connectivity index (χ1n) is 5.45. The summed E-state index contributed by atoms with van der Waals surface area (Å²) in [5.74, 6) is 0.508. The second-order valence-corrected chi connectivity index (χ2v) is 5.15. The molecule has 0 atom stereocenters. The number of rotatable bonds is 3. The van der Waals surface area contributed by atoms with Gasteiger partial charge in [0.25, 0.3) is 5.69 Å². The van der Waals surface area contributed by atoms with E-state index in [0.29, 0.717) is 17.0 Å². The van der Waals surface area contributed by atoms with Crippen LogP contribution in [0.4, 0.5) is 10.1 Å². The number of hydrogen-bond donors (Lipinski definition) is 0. The van der Waals surface area contributed by atoms with Crippen LogP contribution in [-0.4, -0.2) is 11.6 Å². The lowest BCUT2D eigenvalue weighted by Crippen LogP contribution is -2.14. The predicted molar refractivity (Wildman–Crippen MR) is 65.8 cm³/mol. The third kappa shape index (κ3) is 3.02. The van der Waals surface area contributed by atoms with E-state index >= 15 is 0 Å². The van der Waals surface area contributed by atoms with E-state index in [2.05, 4.69) is 0 Å². The van der Waals surface area contributed by atoms with E-state index in [-0.39, 0.29) is 11.1 Å². The van der Waals surface area contributed by atoms with Crippen molar-refractivity contribution in [3.63, 3.8) is 0 Å². The Labute approximate surface area is 101 Å². The van der Waals surface area contributed by atoms with Gasteiger partial charge >= 0.3 is 0 Å². The molecule has 93 valence electrons. The Morgan fingerprint density at radius 1 is 1.41 bits per heavy atom. The van der Waals surface area contributed by atoms with Crippen molar-refractivity contribution >= 4 is 5.69 Å². The van der Waals surface area contributed by atoms with E-state index in [1.165, 1.54) is 6.07 Å². The van der Waals surface area contributed by atoms with Crippen molar-refractivity contribution in [2.75, 3.05) is 6.67 Å². The summed E-state index contributed by atoms with van der Waals surface area (Å²) < 4.78 is 12.5. The fourth-order valence-electron chi connectivity index (χ4n) is 1.66. The summed E-state index contributed by atoms with van der Waals surface area (Å²) in [7, 11) is 0. The maximum atomic E-state index is 12.5. The molecule has 0 N–H and O–H groups in total. The maximum absolute atomic E-state index is 12.5. The normalized spacial score (nSPS) is 11.9. The van der Waals surface area contributed by atoms with Crippen LogP contribution in [0.3, 0.4) is 0 Å². The Morgan fingerprint density at radius 2 is 2.00 bits per heavy atom. The van der Waals surface area contributed by atoms with Crippen LogP contribution in [0.2, 0.25) is 0 Å². The van der Waals surface area contributed by atoms with Crippen molar-refractivity contribution in [3.05, 3.63) is 45.4 Å². The van der Waals surface area contributed by atoms with E-state index in [1.54, 1.807) is 19.1 Å². The lowest BCUT2D eigenvalue weighted by atomic mass is 9.84. The van der Waals surface area contributed by atoms with Gasteiger partial charge in [-0.05, 0) is 11.0 Å². The van der Waals surface area contributed by atoms with Gasteiger partial charge in [0.15, 0.2) is 0 Å². The molecule has 0 saturated heterocycles. The minimum Gasteiger partial charge on any atom is -0.258 e. The molecule has 0 aromatic heterocycles. The zero-order valence-electron chi connectivity index (χ0n) is 10.6. The zero-order chi connectivity index (χ0) is 13.2. The zero-order valence-corrected chi connectivity index (χ0v) is 10.6. The van der Waals surface area contributed by atoms with Gasteiger partial charge in [0, 0.05) is 17.5 Å². The molecule has 0 bridgehead atoms. The largest absolute Gasteiger partial charge is 0.273 e. The molecular formula is C13H17FNO2. The second kappa shape index (κ2) is 4.82. The Bertz CT molecular complexity index is 424. The molecule has 3 nitrogen and oxygen atoms in total. The second-order valence-electron chi connectivity index (χ2n) is 5.15. The fourth-order valence-corrected chi connectivity index (χ4v) is 1.66. The third-order valence-electron chi connectivity index (χ3n) is 2.70. The minimum atomic E-state index is -0.591. The van der Waals surface area contributed by atoms with Crippen LogP contribution < -0.4 is 0 Å². The van der Waals surface area contributed by atoms with Gasteiger partial charge in [-0.2, -0.15) is 0 Å². The molecule has 0 fully saturated rings. The lowest BCUT2D eigenvalue weighted by Gasteiger charge is -2.19. The standard InChI is InChI=1S/C13H17FNO2/c1-9(8-14)10-5-6-11(13(2,3)4)12(7-10)15(16)17/h5-7H,8H2,1-4H3. The molecule has 0 spiro atoms. The van der Waals surface area contributed by atoms with E-state index in [9.17, 15) is 14.5 Å². The van der Waals surface area contributed by atoms with Gasteiger partial charge in [-0.3, -0.25) is 14.5 Å². The van der Waals surface area contributed by atoms with Crippen LogP contribution in [-0.2, 0) is 5.41 Å². The number of nitro benzene ring substituents is 1. The SMILES string of the molecule is C[C](CF)c1ccc(C(C)(C)C)c([N+](=O)[O-])c1. The van der Waals surface area contributed by atoms with E-state index in [0.717, 1.165) is 0 Å². The Kier molecular flexibility index (Phi) is 3.86. The summed E-state index contributed by atoms with van der Waals surface area (Å²) in [5, 5.41) is 11.0. The molecule has 1 aromatic rings. The van der Waals surface area contributed by atoms with Gasteiger partial charge in [0.05, 0.1) is 11.6 Å². The number of halogens is 1. The number of nitro groups is 1. The molecule has 0 saturated carbocycles. The van der Waals surface area contributed by atoms with Gasteiger partial charge in [-0.15, -0.1) is 0 Å². The Morgan fingerprint density at radius 3 is 2.41 bits per heavy atom. The minimum absolute atomic E-state index is 0.0581. The Balaban J connectivity index is 3.32. The molecule has 0 unspecified atom stereocenters. The van der Waals surface area contributed by atoms with Crippen LogP contribution in [0, 0.1) is 16.0 Å². The first kappa shape index (κ1) is 13.6. The average molecular weight is 238 g/mol. The molecule has 0 aliphatic carbocycles. The van der Waals surface area contributed by atoms with Crippen molar-refractivity contribution in [1.29, 1.82) is 0 Å². The first-order chi connectivity index (χ1) is 7.77. The van der Waals surface area contributed by atoms with Gasteiger partial charge in [0.2, 0.25) is 0 Å². The Hall–Kier alpha value is -1.45. The van der Waals surface area contributed by atoms with Crippen molar-refractivity contribution < 1.29 is 9.31 Å². The predicted octanol–water partition coefficient (Wildman–Crippen LogP) is 3.80. The first-order valence-corrected chi connectivity index (χ1v) is 5.45. The number of hydrogen-bond acceptors (Lipinski definition) is 2. The van der Waals surface area contributed by atoms with E-state index in [4.69, 9.17) is 0 Å². The molecule has 0 heterocycles. The number of alkyl halides is 1. The van der Waals surface area contributed by atoms with Crippen molar-refractivity contribution in [3.8, 4) is 0 Å². The highest BCUT2D eigenvalue weighted by atomic mass is 19.1. The lowest BCUT2D eigenvalue weighted by molar-refractivity contribution is -0.386. The monoisotopic (exact) mass is 238 g/mol. The summed E-state index contributed by atoms with van der Waals surface area (Å²) in [4.78, 5) is 10.6. The van der Waals surface area contributed by atoms with Gasteiger partial charge in [-0.25, -0.2) is 0 Å². The summed E-state index contributed by atoms with van der Waals surface area (Å²) in [6.45, 7) is 6.80. The summed E-state index contributed by atoms with van der Waals surface area (Å²) in [6.07, 6.45) is 0. The molecule has 0 amide bonds. The van der Waals surface area contributed by atoms with E-state index in [1.807, 2.05) is 20.8 Å². The van der Waals surface area contributed by atoms with Crippen molar-refractivity contribution in [2.45, 2.75) is 33.1 Å². The van der Waals surface area contributed by atoms with Crippen LogP contribution in [0.1, 0.15) is 38.8 Å². The highest BCUT2D eigenvalue weighted by Gasteiger charge is 2.25. The van der Waals surface area contributed by atoms with Crippen LogP contribution >= 0.6 is 0 Å². The van der Waals surface area contributed by atoms with E-state index < -0.39 is 11.6 Å². The topological polar surface area (TPSA) is 43.1 Å². The summed E-state index contributed by atoms with van der Waals surface area (Å²) in [6, 6.07) is 4.91. The molecule has 1 radical (unpaired) electrons. The van der Waals surface area contributed by atoms with Gasteiger partial charge in [-0.1, -0.05) is 39.8 Å². The molecule has 4 heteroatoms. The van der Waals surface area contributed by atoms with Crippen LogP contribution in [0.15, 0.2) is 18.2 Å². The smallest absolute Gasteiger partial charge is 0.258 e. The van der Waals surface area contributed by atoms with Crippen molar-refractivity contribution in [2.24, 2.45) is 0 Å². The van der Waals surface area contributed by atoms with Crippen LogP contribution in [0.5, 0.6) is 0 Å². The number of benzene rings is 1. The molecule has 1 rings (SSSR count). The number of nitrogens with zero attached hydrogens (tertiary/aromatic N) is 1. The molecular weight excluding hydrogens is 221 g/mol. The average Bonchev–Trinajstić information content (AvgIpc) is 2.25. The maximum Gasteiger partial charge on any atom is 0.273 e. The summed E-state index contributed by atoms with van der Waals surface area (Å²) >= 11 is 0. The molecule has 0 aliphatic heterocycles. The van der Waals surface area contributed by atoms with Crippen molar-refractivity contribution in [1.82, 2.24) is 0 Å². The van der Waals surface area contributed by atoms with Crippen LogP contribution in [0.25, 0.3) is 0 Å². The summed E-state index contributed by atoms with van der Waals surface area (Å²) in [5.41, 5.74) is 1.01.